The number of hydrogen-bond donors (Lipinski definition) is 0. The summed E-state index contributed by atoms with van der Waals surface area (Å²) < 4.78 is 0. The van der Waals surface area contributed by atoms with Gasteiger partial charge in [0.05, 0.1) is 5.92 Å². The molecule has 2 aliphatic heterocycles. The lowest BCUT2D eigenvalue weighted by atomic mass is 9.92. The number of carbonyl (C=O) groups is 2. The van der Waals surface area contributed by atoms with Gasteiger partial charge in [0.1, 0.15) is 0 Å². The van der Waals surface area contributed by atoms with E-state index in [1.807, 2.05) is 9.80 Å². The fraction of sp³-hybridized carbons (Fsp3) is 0.647. The average molecular weight is 329 g/mol. The molecule has 0 bridgehead atoms. The molecule has 1 atom stereocenters. The first-order valence-corrected chi connectivity index (χ1v) is 8.82. The van der Waals surface area contributed by atoms with Crippen LogP contribution in [0.25, 0.3) is 0 Å². The third-order valence-electron chi connectivity index (χ3n) is 5.45. The molecule has 128 valence electrons. The van der Waals surface area contributed by atoms with E-state index in [-0.39, 0.29) is 17.7 Å². The molecule has 1 aromatic heterocycles. The molecule has 3 heterocycles. The van der Waals surface area contributed by atoms with E-state index < -0.39 is 0 Å². The zero-order valence-corrected chi connectivity index (χ0v) is 13.8. The number of piperazine rings is 1. The van der Waals surface area contributed by atoms with Crippen LogP contribution in [0.1, 0.15) is 25.7 Å². The van der Waals surface area contributed by atoms with E-state index in [1.165, 1.54) is 6.42 Å². The minimum atomic E-state index is -0.155. The van der Waals surface area contributed by atoms with E-state index in [0.717, 1.165) is 31.9 Å². The topological polar surface area (TPSA) is 69.6 Å². The summed E-state index contributed by atoms with van der Waals surface area (Å²) in [5, 5.41) is 0. The van der Waals surface area contributed by atoms with Crippen molar-refractivity contribution in [1.29, 1.82) is 0 Å². The Bertz CT molecular complexity index is 611. The lowest BCUT2D eigenvalue weighted by molar-refractivity contribution is -0.136. The number of carbonyl (C=O) groups excluding carboxylic acids is 2. The summed E-state index contributed by atoms with van der Waals surface area (Å²) >= 11 is 0. The van der Waals surface area contributed by atoms with Gasteiger partial charge in [-0.05, 0) is 25.3 Å². The van der Waals surface area contributed by atoms with Crippen molar-refractivity contribution in [1.82, 2.24) is 19.8 Å². The van der Waals surface area contributed by atoms with Crippen LogP contribution in [0.15, 0.2) is 18.5 Å². The first-order chi connectivity index (χ1) is 11.7. The molecule has 0 radical (unpaired) electrons. The monoisotopic (exact) mass is 329 g/mol. The third-order valence-corrected chi connectivity index (χ3v) is 5.45. The zero-order valence-electron chi connectivity index (χ0n) is 13.8. The highest BCUT2D eigenvalue weighted by Crippen LogP contribution is 2.31. The summed E-state index contributed by atoms with van der Waals surface area (Å²) in [6.45, 7) is 3.44. The number of anilines is 1. The van der Waals surface area contributed by atoms with Gasteiger partial charge in [-0.2, -0.15) is 0 Å². The van der Waals surface area contributed by atoms with E-state index in [2.05, 4.69) is 14.9 Å². The average Bonchev–Trinajstić information content (AvgIpc) is 2.95. The molecular formula is C17H23N5O2. The van der Waals surface area contributed by atoms with Crippen molar-refractivity contribution < 1.29 is 9.59 Å². The quantitative estimate of drug-likeness (QED) is 0.809. The van der Waals surface area contributed by atoms with Gasteiger partial charge in [-0.3, -0.25) is 9.59 Å². The summed E-state index contributed by atoms with van der Waals surface area (Å²) in [5.74, 6) is 0.864. The highest BCUT2D eigenvalue weighted by atomic mass is 16.2. The Balaban J connectivity index is 1.32. The lowest BCUT2D eigenvalue weighted by Crippen LogP contribution is -2.51. The molecule has 2 amide bonds. The molecule has 3 aliphatic rings. The van der Waals surface area contributed by atoms with E-state index in [9.17, 15) is 9.59 Å². The second kappa shape index (κ2) is 6.37. The molecule has 7 nitrogen and oxygen atoms in total. The number of hydrogen-bond acceptors (Lipinski definition) is 5. The predicted molar refractivity (Wildman–Crippen MR) is 88.3 cm³/mol. The Hall–Kier alpha value is -2.18. The molecule has 3 fully saturated rings. The second-order valence-corrected chi connectivity index (χ2v) is 6.89. The van der Waals surface area contributed by atoms with Crippen LogP contribution in [0, 0.1) is 5.92 Å². The van der Waals surface area contributed by atoms with Crippen LogP contribution in [0.4, 0.5) is 5.95 Å². The largest absolute Gasteiger partial charge is 0.339 e. The molecule has 1 aliphatic carbocycles. The first kappa shape index (κ1) is 15.4. The van der Waals surface area contributed by atoms with Gasteiger partial charge in [0, 0.05) is 57.6 Å². The van der Waals surface area contributed by atoms with Gasteiger partial charge >= 0.3 is 0 Å². The fourth-order valence-electron chi connectivity index (χ4n) is 3.79. The van der Waals surface area contributed by atoms with Crippen molar-refractivity contribution in [3.63, 3.8) is 0 Å². The maximum Gasteiger partial charge on any atom is 0.228 e. The first-order valence-electron chi connectivity index (χ1n) is 8.82. The van der Waals surface area contributed by atoms with Crippen molar-refractivity contribution in [2.24, 2.45) is 5.92 Å². The maximum atomic E-state index is 12.8. The van der Waals surface area contributed by atoms with Crippen molar-refractivity contribution >= 4 is 17.8 Å². The van der Waals surface area contributed by atoms with Crippen LogP contribution in [0.3, 0.4) is 0 Å². The molecule has 0 N–H and O–H groups in total. The molecule has 4 rings (SSSR count). The predicted octanol–water partition coefficient (Wildman–Crippen LogP) is 0.526. The van der Waals surface area contributed by atoms with E-state index in [4.69, 9.17) is 0 Å². The molecule has 7 heteroatoms. The molecule has 0 spiro atoms. The van der Waals surface area contributed by atoms with Gasteiger partial charge in [0.15, 0.2) is 0 Å². The van der Waals surface area contributed by atoms with Gasteiger partial charge in [-0.25, -0.2) is 9.97 Å². The van der Waals surface area contributed by atoms with Crippen LogP contribution in [0.2, 0.25) is 0 Å². The highest BCUT2D eigenvalue weighted by Gasteiger charge is 2.41. The number of aromatic nitrogens is 2. The molecule has 24 heavy (non-hydrogen) atoms. The van der Waals surface area contributed by atoms with E-state index >= 15 is 0 Å². The Morgan fingerprint density at radius 2 is 1.79 bits per heavy atom. The molecular weight excluding hydrogens is 306 g/mol. The third kappa shape index (κ3) is 2.83. The van der Waals surface area contributed by atoms with Crippen molar-refractivity contribution in [2.75, 3.05) is 37.6 Å². The summed E-state index contributed by atoms with van der Waals surface area (Å²) in [4.78, 5) is 39.4. The summed E-state index contributed by atoms with van der Waals surface area (Å²) in [6.07, 6.45) is 7.26. The number of likely N-dealkylation sites (tertiary alicyclic amines) is 1. The zero-order chi connectivity index (χ0) is 16.5. The SMILES string of the molecule is O=C(C1CC(=O)N(C2CCC2)C1)N1CCN(c2ncccn2)CC1. The van der Waals surface area contributed by atoms with Gasteiger partial charge in [0.25, 0.3) is 0 Å². The minimum Gasteiger partial charge on any atom is -0.339 e. The van der Waals surface area contributed by atoms with E-state index in [1.54, 1.807) is 18.5 Å². The van der Waals surface area contributed by atoms with Crippen LogP contribution in [-0.4, -0.2) is 70.3 Å². The van der Waals surface area contributed by atoms with E-state index in [0.29, 0.717) is 32.1 Å². The molecule has 1 saturated carbocycles. The standard InChI is InChI=1S/C17H23N5O2/c23-15-11-13(12-22(15)14-3-1-4-14)16(24)20-7-9-21(10-8-20)17-18-5-2-6-19-17/h2,5-6,13-14H,1,3-4,7-12H2. The van der Waals surface area contributed by atoms with Gasteiger partial charge in [0.2, 0.25) is 17.8 Å². The Morgan fingerprint density at radius 3 is 2.42 bits per heavy atom. The molecule has 1 aromatic rings. The van der Waals surface area contributed by atoms with Crippen molar-refractivity contribution in [3.05, 3.63) is 18.5 Å². The van der Waals surface area contributed by atoms with Gasteiger partial charge in [-0.1, -0.05) is 0 Å². The molecule has 1 unspecified atom stereocenters. The van der Waals surface area contributed by atoms with Gasteiger partial charge in [-0.15, -0.1) is 0 Å². The summed E-state index contributed by atoms with van der Waals surface area (Å²) in [6, 6.07) is 2.19. The van der Waals surface area contributed by atoms with Crippen LogP contribution in [0.5, 0.6) is 0 Å². The van der Waals surface area contributed by atoms with Gasteiger partial charge < -0.3 is 14.7 Å². The second-order valence-electron chi connectivity index (χ2n) is 6.89. The summed E-state index contributed by atoms with van der Waals surface area (Å²) in [5.41, 5.74) is 0. The normalized spacial score (nSPS) is 25.1. The molecule has 0 aromatic carbocycles. The van der Waals surface area contributed by atoms with Crippen molar-refractivity contribution in [3.8, 4) is 0 Å². The smallest absolute Gasteiger partial charge is 0.228 e. The van der Waals surface area contributed by atoms with Crippen LogP contribution < -0.4 is 4.90 Å². The fourth-order valence-corrected chi connectivity index (χ4v) is 3.79. The minimum absolute atomic E-state index is 0.138. The number of nitrogens with zero attached hydrogens (tertiary/aromatic N) is 5. The number of rotatable bonds is 3. The lowest BCUT2D eigenvalue weighted by Gasteiger charge is -2.37. The highest BCUT2D eigenvalue weighted by molar-refractivity contribution is 5.89. The summed E-state index contributed by atoms with van der Waals surface area (Å²) in [7, 11) is 0. The Morgan fingerprint density at radius 1 is 1.08 bits per heavy atom. The maximum absolute atomic E-state index is 12.8. The molecule has 2 saturated heterocycles. The van der Waals surface area contributed by atoms with Crippen molar-refractivity contribution in [2.45, 2.75) is 31.7 Å². The van der Waals surface area contributed by atoms with Crippen LogP contribution >= 0.6 is 0 Å². The van der Waals surface area contributed by atoms with Crippen LogP contribution in [-0.2, 0) is 9.59 Å². The Kier molecular flexibility index (Phi) is 4.08. The Labute approximate surface area is 141 Å². The number of amides is 2.